The molecule has 26 heavy (non-hydrogen) atoms. The molecule has 0 saturated carbocycles. The van der Waals surface area contributed by atoms with Crippen molar-refractivity contribution in [3.8, 4) is 5.75 Å². The first-order valence-corrected chi connectivity index (χ1v) is 7.54. The Bertz CT molecular complexity index is 946. The maximum absolute atomic E-state index is 12.8. The van der Waals surface area contributed by atoms with E-state index in [4.69, 9.17) is 14.9 Å². The van der Waals surface area contributed by atoms with E-state index in [0.717, 1.165) is 0 Å². The van der Waals surface area contributed by atoms with E-state index in [1.807, 2.05) is 0 Å². The van der Waals surface area contributed by atoms with Gasteiger partial charge in [0.1, 0.15) is 29.6 Å². The second kappa shape index (κ2) is 7.09. The average Bonchev–Trinajstić information content (AvgIpc) is 3.21. The predicted octanol–water partition coefficient (Wildman–Crippen LogP) is 2.08. The summed E-state index contributed by atoms with van der Waals surface area (Å²) >= 11 is 0. The van der Waals surface area contributed by atoms with Gasteiger partial charge in [0.05, 0.1) is 11.9 Å². The Morgan fingerprint density at radius 2 is 2.00 bits per heavy atom. The second-order valence-corrected chi connectivity index (χ2v) is 5.36. The molecule has 2 aromatic heterocycles. The molecule has 0 saturated heterocycles. The van der Waals surface area contributed by atoms with E-state index in [2.05, 4.69) is 10.4 Å². The van der Waals surface area contributed by atoms with Crippen LogP contribution < -0.4 is 15.8 Å². The van der Waals surface area contributed by atoms with E-state index in [0.29, 0.717) is 11.5 Å². The quantitative estimate of drug-likeness (QED) is 0.700. The van der Waals surface area contributed by atoms with Crippen molar-refractivity contribution in [2.45, 2.75) is 6.61 Å². The van der Waals surface area contributed by atoms with E-state index >= 15 is 0 Å². The van der Waals surface area contributed by atoms with Crippen LogP contribution in [0.4, 0.5) is 10.1 Å². The molecule has 0 aliphatic rings. The van der Waals surface area contributed by atoms with Gasteiger partial charge in [-0.15, -0.1) is 0 Å². The van der Waals surface area contributed by atoms with Gasteiger partial charge in [0.25, 0.3) is 11.8 Å². The summed E-state index contributed by atoms with van der Waals surface area (Å²) in [5.74, 6) is -0.736. The lowest BCUT2D eigenvalue weighted by Gasteiger charge is -2.04. The molecule has 0 spiro atoms. The predicted molar refractivity (Wildman–Crippen MR) is 89.1 cm³/mol. The van der Waals surface area contributed by atoms with Crippen molar-refractivity contribution in [1.29, 1.82) is 0 Å². The Labute approximate surface area is 147 Å². The molecule has 9 heteroatoms. The van der Waals surface area contributed by atoms with Gasteiger partial charge in [-0.2, -0.15) is 5.10 Å². The lowest BCUT2D eigenvalue weighted by atomic mass is 10.3. The molecular formula is C17H15FN4O4. The normalized spacial score (nSPS) is 10.5. The molecular weight excluding hydrogens is 343 g/mol. The van der Waals surface area contributed by atoms with Gasteiger partial charge in [-0.3, -0.25) is 14.3 Å². The summed E-state index contributed by atoms with van der Waals surface area (Å²) in [7, 11) is 1.54. The standard InChI is InChI=1S/C17H15FN4O4/c1-22-15(16(19)23)13(8-20-22)21-17(24)14-7-6-12(26-14)9-25-11-4-2-10(18)3-5-11/h2-8H,9H2,1H3,(H2,19,23)(H,21,24). The molecule has 134 valence electrons. The van der Waals surface area contributed by atoms with Crippen LogP contribution in [0.1, 0.15) is 26.8 Å². The molecule has 2 heterocycles. The van der Waals surface area contributed by atoms with E-state index in [1.165, 1.54) is 48.3 Å². The summed E-state index contributed by atoms with van der Waals surface area (Å²) in [6.45, 7) is 0.0678. The fraction of sp³-hybridized carbons (Fsp3) is 0.118. The first-order valence-electron chi connectivity index (χ1n) is 7.54. The number of halogens is 1. The van der Waals surface area contributed by atoms with E-state index in [-0.39, 0.29) is 29.6 Å². The van der Waals surface area contributed by atoms with Gasteiger partial charge < -0.3 is 20.2 Å². The number of hydrogen-bond acceptors (Lipinski definition) is 5. The Morgan fingerprint density at radius 1 is 1.27 bits per heavy atom. The fourth-order valence-corrected chi connectivity index (χ4v) is 2.27. The highest BCUT2D eigenvalue weighted by molar-refractivity contribution is 6.06. The van der Waals surface area contributed by atoms with Crippen molar-refractivity contribution in [2.24, 2.45) is 12.8 Å². The number of amides is 2. The molecule has 0 radical (unpaired) electrons. The smallest absolute Gasteiger partial charge is 0.291 e. The molecule has 1 aromatic carbocycles. The Morgan fingerprint density at radius 3 is 2.69 bits per heavy atom. The highest BCUT2D eigenvalue weighted by Crippen LogP contribution is 2.18. The highest BCUT2D eigenvalue weighted by Gasteiger charge is 2.18. The molecule has 8 nitrogen and oxygen atoms in total. The van der Waals surface area contributed by atoms with Gasteiger partial charge in [0, 0.05) is 7.05 Å². The number of nitrogens with zero attached hydrogens (tertiary/aromatic N) is 2. The number of primary amides is 1. The maximum Gasteiger partial charge on any atom is 0.291 e. The van der Waals surface area contributed by atoms with Crippen LogP contribution in [0.2, 0.25) is 0 Å². The number of carbonyl (C=O) groups is 2. The lowest BCUT2D eigenvalue weighted by Crippen LogP contribution is -2.20. The number of aryl methyl sites for hydroxylation is 1. The van der Waals surface area contributed by atoms with Crippen molar-refractivity contribution >= 4 is 17.5 Å². The number of hydrogen-bond donors (Lipinski definition) is 2. The first kappa shape index (κ1) is 17.2. The zero-order chi connectivity index (χ0) is 18.7. The number of rotatable bonds is 6. The molecule has 0 aliphatic heterocycles. The Kier molecular flexibility index (Phi) is 4.70. The van der Waals surface area contributed by atoms with Gasteiger partial charge in [0.15, 0.2) is 5.76 Å². The number of aromatic nitrogens is 2. The van der Waals surface area contributed by atoms with Crippen molar-refractivity contribution in [2.75, 3.05) is 5.32 Å². The summed E-state index contributed by atoms with van der Waals surface area (Å²) in [6, 6.07) is 8.58. The van der Waals surface area contributed by atoms with Crippen molar-refractivity contribution in [3.05, 3.63) is 65.6 Å². The molecule has 0 aliphatic carbocycles. The third kappa shape index (κ3) is 3.72. The molecule has 0 fully saturated rings. The van der Waals surface area contributed by atoms with Gasteiger partial charge in [-0.25, -0.2) is 4.39 Å². The Balaban J connectivity index is 1.64. The third-order valence-corrected chi connectivity index (χ3v) is 3.50. The van der Waals surface area contributed by atoms with Gasteiger partial charge in [-0.1, -0.05) is 0 Å². The zero-order valence-corrected chi connectivity index (χ0v) is 13.7. The number of furan rings is 1. The molecule has 0 bridgehead atoms. The molecule has 0 atom stereocenters. The topological polar surface area (TPSA) is 112 Å². The lowest BCUT2D eigenvalue weighted by molar-refractivity contribution is 0.0992. The SMILES string of the molecule is Cn1ncc(NC(=O)c2ccc(COc3ccc(F)cc3)o2)c1C(N)=O. The van der Waals surface area contributed by atoms with Crippen LogP contribution in [0.5, 0.6) is 5.75 Å². The largest absolute Gasteiger partial charge is 0.486 e. The molecule has 3 N–H and O–H groups in total. The second-order valence-electron chi connectivity index (χ2n) is 5.36. The maximum atomic E-state index is 12.8. The number of benzene rings is 1. The summed E-state index contributed by atoms with van der Waals surface area (Å²) in [4.78, 5) is 23.7. The van der Waals surface area contributed by atoms with E-state index in [1.54, 1.807) is 6.07 Å². The van der Waals surface area contributed by atoms with Crippen LogP contribution in [0.15, 0.2) is 47.0 Å². The minimum Gasteiger partial charge on any atom is -0.486 e. The summed E-state index contributed by atoms with van der Waals surface area (Å²) in [5.41, 5.74) is 5.53. The van der Waals surface area contributed by atoms with Crippen LogP contribution in [-0.4, -0.2) is 21.6 Å². The van der Waals surface area contributed by atoms with E-state index < -0.39 is 11.8 Å². The number of carbonyl (C=O) groups excluding carboxylic acids is 2. The van der Waals surface area contributed by atoms with Gasteiger partial charge in [-0.05, 0) is 36.4 Å². The van der Waals surface area contributed by atoms with Crippen LogP contribution in [-0.2, 0) is 13.7 Å². The van der Waals surface area contributed by atoms with Crippen molar-refractivity contribution < 1.29 is 23.1 Å². The van der Waals surface area contributed by atoms with Crippen LogP contribution in [0.3, 0.4) is 0 Å². The van der Waals surface area contributed by atoms with Crippen molar-refractivity contribution in [1.82, 2.24) is 9.78 Å². The van der Waals surface area contributed by atoms with Crippen LogP contribution >= 0.6 is 0 Å². The number of nitrogens with one attached hydrogen (secondary N) is 1. The number of nitrogens with two attached hydrogens (primary N) is 1. The molecule has 2 amide bonds. The van der Waals surface area contributed by atoms with Gasteiger partial charge in [0.2, 0.25) is 0 Å². The van der Waals surface area contributed by atoms with E-state index in [9.17, 15) is 14.0 Å². The summed E-state index contributed by atoms with van der Waals surface area (Å²) in [6.07, 6.45) is 1.32. The first-order chi connectivity index (χ1) is 12.4. The summed E-state index contributed by atoms with van der Waals surface area (Å²) < 4.78 is 25.0. The van der Waals surface area contributed by atoms with Crippen LogP contribution in [0.25, 0.3) is 0 Å². The molecule has 3 rings (SSSR count). The minimum absolute atomic E-state index is 0.0296. The third-order valence-electron chi connectivity index (χ3n) is 3.50. The van der Waals surface area contributed by atoms with Crippen molar-refractivity contribution in [3.63, 3.8) is 0 Å². The monoisotopic (exact) mass is 358 g/mol. The number of anilines is 1. The minimum atomic E-state index is -0.715. The fourth-order valence-electron chi connectivity index (χ4n) is 2.27. The molecule has 3 aromatic rings. The Hall–Kier alpha value is -3.62. The average molecular weight is 358 g/mol. The molecule has 0 unspecified atom stereocenters. The highest BCUT2D eigenvalue weighted by atomic mass is 19.1. The number of ether oxygens (including phenoxy) is 1. The zero-order valence-electron chi connectivity index (χ0n) is 13.7. The summed E-state index contributed by atoms with van der Waals surface area (Å²) in [5, 5.41) is 6.41. The van der Waals surface area contributed by atoms with Crippen LogP contribution in [0, 0.1) is 5.82 Å². The van der Waals surface area contributed by atoms with Gasteiger partial charge >= 0.3 is 0 Å².